The zero-order chi connectivity index (χ0) is 16.4. The van der Waals surface area contributed by atoms with Crippen molar-refractivity contribution in [3.63, 3.8) is 0 Å². The summed E-state index contributed by atoms with van der Waals surface area (Å²) >= 11 is 0. The average molecular weight is 307 g/mol. The smallest absolute Gasteiger partial charge is 0.198 e. The van der Waals surface area contributed by atoms with E-state index in [-0.39, 0.29) is 5.78 Å². The topological polar surface area (TPSA) is 70.1 Å². The number of rotatable bonds is 4. The molecule has 0 fully saturated rings. The Balaban J connectivity index is 1.94. The summed E-state index contributed by atoms with van der Waals surface area (Å²) in [6, 6.07) is 14.7. The summed E-state index contributed by atoms with van der Waals surface area (Å²) in [5.74, 6) is 0.864. The zero-order valence-corrected chi connectivity index (χ0v) is 13.0. The van der Waals surface area contributed by atoms with Crippen molar-refractivity contribution in [3.8, 4) is 11.4 Å². The van der Waals surface area contributed by atoms with Crippen molar-refractivity contribution in [1.82, 2.24) is 9.78 Å². The maximum atomic E-state index is 12.6. The zero-order valence-electron chi connectivity index (χ0n) is 13.0. The number of hydrogen-bond acceptors (Lipinski definition) is 4. The van der Waals surface area contributed by atoms with E-state index >= 15 is 0 Å². The first-order valence-corrected chi connectivity index (χ1v) is 7.19. The van der Waals surface area contributed by atoms with E-state index in [1.165, 1.54) is 6.20 Å². The highest BCUT2D eigenvalue weighted by Crippen LogP contribution is 2.21. The van der Waals surface area contributed by atoms with Crippen molar-refractivity contribution in [3.05, 3.63) is 71.4 Å². The number of ketones is 1. The van der Waals surface area contributed by atoms with Crippen LogP contribution in [0.2, 0.25) is 0 Å². The molecule has 0 unspecified atom stereocenters. The van der Waals surface area contributed by atoms with E-state index in [2.05, 4.69) is 5.10 Å². The molecule has 0 saturated carbocycles. The van der Waals surface area contributed by atoms with Crippen molar-refractivity contribution < 1.29 is 9.53 Å². The van der Waals surface area contributed by atoms with Crippen molar-refractivity contribution in [2.45, 2.75) is 6.92 Å². The van der Waals surface area contributed by atoms with Gasteiger partial charge >= 0.3 is 0 Å². The Hall–Kier alpha value is -3.08. The van der Waals surface area contributed by atoms with Gasteiger partial charge in [-0.15, -0.1) is 0 Å². The molecule has 2 N–H and O–H groups in total. The van der Waals surface area contributed by atoms with E-state index < -0.39 is 0 Å². The number of aromatic nitrogens is 2. The molecule has 116 valence electrons. The fraction of sp³-hybridized carbons (Fsp3) is 0.111. The Bertz CT molecular complexity index is 834. The van der Waals surface area contributed by atoms with Crippen LogP contribution in [0.4, 0.5) is 5.82 Å². The van der Waals surface area contributed by atoms with E-state index in [4.69, 9.17) is 10.5 Å². The Morgan fingerprint density at radius 2 is 1.74 bits per heavy atom. The van der Waals surface area contributed by atoms with Crippen LogP contribution in [0.5, 0.6) is 5.75 Å². The molecule has 23 heavy (non-hydrogen) atoms. The Labute approximate surface area is 134 Å². The van der Waals surface area contributed by atoms with Gasteiger partial charge in [0.2, 0.25) is 0 Å². The number of ether oxygens (including phenoxy) is 1. The fourth-order valence-corrected chi connectivity index (χ4v) is 2.32. The molecule has 0 radical (unpaired) electrons. The van der Waals surface area contributed by atoms with Gasteiger partial charge in [0.25, 0.3) is 0 Å². The third kappa shape index (κ3) is 2.81. The Kier molecular flexibility index (Phi) is 3.85. The molecule has 0 spiro atoms. The lowest BCUT2D eigenvalue weighted by Crippen LogP contribution is -2.07. The maximum Gasteiger partial charge on any atom is 0.198 e. The van der Waals surface area contributed by atoms with Gasteiger partial charge < -0.3 is 10.5 Å². The summed E-state index contributed by atoms with van der Waals surface area (Å²) in [6.45, 7) is 2.01. The van der Waals surface area contributed by atoms with Crippen molar-refractivity contribution in [1.29, 1.82) is 0 Å². The molecule has 0 saturated heterocycles. The molecular weight excluding hydrogens is 290 g/mol. The normalized spacial score (nSPS) is 10.5. The number of hydrogen-bond donors (Lipinski definition) is 1. The summed E-state index contributed by atoms with van der Waals surface area (Å²) in [4.78, 5) is 12.6. The molecule has 5 nitrogen and oxygen atoms in total. The largest absolute Gasteiger partial charge is 0.497 e. The summed E-state index contributed by atoms with van der Waals surface area (Å²) in [6.07, 6.45) is 1.50. The van der Waals surface area contributed by atoms with Crippen LogP contribution in [0.15, 0.2) is 54.7 Å². The standard InChI is InChI=1S/C18H17N3O2/c1-12-3-7-14(8-4-12)21-18(19)16(11-20-21)17(22)13-5-9-15(23-2)10-6-13/h3-11H,19H2,1-2H3. The van der Waals surface area contributed by atoms with Crippen LogP contribution in [0.25, 0.3) is 5.69 Å². The lowest BCUT2D eigenvalue weighted by atomic mass is 10.1. The fourth-order valence-electron chi connectivity index (χ4n) is 2.32. The number of nitrogen functional groups attached to an aromatic ring is 1. The average Bonchev–Trinajstić information content (AvgIpc) is 2.96. The second kappa shape index (κ2) is 5.96. The minimum Gasteiger partial charge on any atom is -0.497 e. The molecule has 0 bridgehead atoms. The number of carbonyl (C=O) groups excluding carboxylic acids is 1. The van der Waals surface area contributed by atoms with Gasteiger partial charge in [-0.25, -0.2) is 4.68 Å². The lowest BCUT2D eigenvalue weighted by molar-refractivity contribution is 0.103. The SMILES string of the molecule is COc1ccc(C(=O)c2cnn(-c3ccc(C)cc3)c2N)cc1. The lowest BCUT2D eigenvalue weighted by Gasteiger charge is -2.06. The highest BCUT2D eigenvalue weighted by molar-refractivity contribution is 6.11. The number of carbonyl (C=O) groups is 1. The minimum atomic E-state index is -0.163. The van der Waals surface area contributed by atoms with Crippen molar-refractivity contribution in [2.75, 3.05) is 12.8 Å². The van der Waals surface area contributed by atoms with E-state index in [0.717, 1.165) is 11.3 Å². The van der Waals surface area contributed by atoms with Gasteiger partial charge in [-0.1, -0.05) is 17.7 Å². The van der Waals surface area contributed by atoms with E-state index in [9.17, 15) is 4.79 Å². The number of benzene rings is 2. The summed E-state index contributed by atoms with van der Waals surface area (Å²) in [5, 5.41) is 4.24. The highest BCUT2D eigenvalue weighted by atomic mass is 16.5. The summed E-state index contributed by atoms with van der Waals surface area (Å²) < 4.78 is 6.66. The number of aryl methyl sites for hydroxylation is 1. The van der Waals surface area contributed by atoms with Crippen LogP contribution >= 0.6 is 0 Å². The third-order valence-electron chi connectivity index (χ3n) is 3.68. The first-order chi connectivity index (χ1) is 11.1. The molecule has 0 amide bonds. The van der Waals surface area contributed by atoms with Crippen LogP contribution in [-0.2, 0) is 0 Å². The first-order valence-electron chi connectivity index (χ1n) is 7.19. The monoisotopic (exact) mass is 307 g/mol. The van der Waals surface area contributed by atoms with Crippen molar-refractivity contribution >= 4 is 11.6 Å². The first kappa shape index (κ1) is 14.8. The van der Waals surface area contributed by atoms with E-state index in [0.29, 0.717) is 22.7 Å². The van der Waals surface area contributed by atoms with Crippen LogP contribution in [0, 0.1) is 6.92 Å². The van der Waals surface area contributed by atoms with Crippen LogP contribution in [-0.4, -0.2) is 22.7 Å². The molecule has 0 aliphatic carbocycles. The summed E-state index contributed by atoms with van der Waals surface area (Å²) in [5.41, 5.74) is 9.02. The molecule has 2 aromatic carbocycles. The predicted octanol–water partition coefficient (Wildman–Crippen LogP) is 3.00. The maximum absolute atomic E-state index is 12.6. The van der Waals surface area contributed by atoms with Gasteiger partial charge in [-0.2, -0.15) is 5.10 Å². The number of nitrogens with zero attached hydrogens (tertiary/aromatic N) is 2. The number of nitrogens with two attached hydrogens (primary N) is 1. The third-order valence-corrected chi connectivity index (χ3v) is 3.68. The van der Waals surface area contributed by atoms with Crippen LogP contribution in [0.1, 0.15) is 21.5 Å². The molecular formula is C18H17N3O2. The molecule has 0 aliphatic rings. The van der Waals surface area contributed by atoms with Gasteiger partial charge in [-0.05, 0) is 43.3 Å². The molecule has 5 heteroatoms. The predicted molar refractivity (Wildman–Crippen MR) is 89.1 cm³/mol. The molecule has 3 rings (SSSR count). The van der Waals surface area contributed by atoms with Crippen molar-refractivity contribution in [2.24, 2.45) is 0 Å². The van der Waals surface area contributed by atoms with Gasteiger partial charge in [0.1, 0.15) is 11.6 Å². The summed E-state index contributed by atoms with van der Waals surface area (Å²) in [7, 11) is 1.58. The van der Waals surface area contributed by atoms with Crippen LogP contribution < -0.4 is 10.5 Å². The molecule has 0 aliphatic heterocycles. The van der Waals surface area contributed by atoms with Gasteiger partial charge in [0.05, 0.1) is 24.6 Å². The Morgan fingerprint density at radius 3 is 2.35 bits per heavy atom. The molecule has 1 aromatic heterocycles. The van der Waals surface area contributed by atoms with Crippen LogP contribution in [0.3, 0.4) is 0 Å². The second-order valence-electron chi connectivity index (χ2n) is 5.25. The number of methoxy groups -OCH3 is 1. The van der Waals surface area contributed by atoms with Gasteiger partial charge in [-0.3, -0.25) is 4.79 Å². The quantitative estimate of drug-likeness (QED) is 0.752. The van der Waals surface area contributed by atoms with Gasteiger partial charge in [0.15, 0.2) is 5.78 Å². The molecule has 1 heterocycles. The minimum absolute atomic E-state index is 0.163. The van der Waals surface area contributed by atoms with E-state index in [1.807, 2.05) is 31.2 Å². The van der Waals surface area contributed by atoms with E-state index in [1.54, 1.807) is 36.1 Å². The highest BCUT2D eigenvalue weighted by Gasteiger charge is 2.17. The molecule has 0 atom stereocenters. The van der Waals surface area contributed by atoms with Gasteiger partial charge in [0, 0.05) is 5.56 Å². The Morgan fingerprint density at radius 1 is 1.09 bits per heavy atom. The second-order valence-corrected chi connectivity index (χ2v) is 5.25. The number of anilines is 1. The molecule has 3 aromatic rings.